The average molecular weight is 344 g/mol. The molecule has 1 N–H and O–H groups in total. The van der Waals surface area contributed by atoms with Gasteiger partial charge in [-0.1, -0.05) is 50.1 Å². The van der Waals surface area contributed by atoms with Gasteiger partial charge in [-0.2, -0.15) is 0 Å². The standard InChI is InChI=1S/C21H33N3O/c1-17-8-6-7-11-20(17)22-21(25)18(2)24-14-12-23(13-15-24)16-19-9-4-3-5-10-19/h3-5,9-10,17-18,20H,6-8,11-16H2,1-2H3,(H,22,25)/t17-,18+,20-/m0/s1. The SMILES string of the molecule is C[C@H](C(=O)N[C@H]1CCCC[C@@H]1C)N1CCN(Cc2ccccc2)CC1. The molecular weight excluding hydrogens is 310 g/mol. The summed E-state index contributed by atoms with van der Waals surface area (Å²) < 4.78 is 0. The summed E-state index contributed by atoms with van der Waals surface area (Å²) in [5.41, 5.74) is 1.37. The van der Waals surface area contributed by atoms with Gasteiger partial charge in [-0.25, -0.2) is 0 Å². The van der Waals surface area contributed by atoms with Crippen molar-refractivity contribution in [3.63, 3.8) is 0 Å². The molecule has 1 saturated heterocycles. The Hall–Kier alpha value is -1.39. The van der Waals surface area contributed by atoms with Crippen LogP contribution in [0, 0.1) is 5.92 Å². The summed E-state index contributed by atoms with van der Waals surface area (Å²) in [6, 6.07) is 11.0. The van der Waals surface area contributed by atoms with E-state index in [0.717, 1.165) is 39.1 Å². The van der Waals surface area contributed by atoms with E-state index in [2.05, 4.69) is 59.3 Å². The van der Waals surface area contributed by atoms with E-state index >= 15 is 0 Å². The van der Waals surface area contributed by atoms with E-state index in [1.807, 2.05) is 0 Å². The number of amides is 1. The smallest absolute Gasteiger partial charge is 0.237 e. The Bertz CT molecular complexity index is 539. The summed E-state index contributed by atoms with van der Waals surface area (Å²) in [5, 5.41) is 3.32. The quantitative estimate of drug-likeness (QED) is 0.893. The molecule has 1 aliphatic heterocycles. The molecule has 1 aliphatic carbocycles. The van der Waals surface area contributed by atoms with E-state index in [9.17, 15) is 4.79 Å². The molecular formula is C21H33N3O. The molecule has 25 heavy (non-hydrogen) atoms. The monoisotopic (exact) mass is 343 g/mol. The number of piperazine rings is 1. The van der Waals surface area contributed by atoms with E-state index < -0.39 is 0 Å². The Morgan fingerprint density at radius 3 is 2.48 bits per heavy atom. The van der Waals surface area contributed by atoms with Gasteiger partial charge in [0.1, 0.15) is 0 Å². The number of benzene rings is 1. The Morgan fingerprint density at radius 1 is 1.12 bits per heavy atom. The third-order valence-corrected chi connectivity index (χ3v) is 6.02. The fourth-order valence-corrected chi connectivity index (χ4v) is 4.15. The van der Waals surface area contributed by atoms with Crippen LogP contribution in [0.1, 0.15) is 45.1 Å². The number of carbonyl (C=O) groups is 1. The van der Waals surface area contributed by atoms with Crippen LogP contribution < -0.4 is 5.32 Å². The number of hydrogen-bond donors (Lipinski definition) is 1. The number of nitrogens with one attached hydrogen (secondary N) is 1. The molecule has 138 valence electrons. The highest BCUT2D eigenvalue weighted by Gasteiger charge is 2.29. The van der Waals surface area contributed by atoms with Gasteiger partial charge in [0, 0.05) is 38.8 Å². The van der Waals surface area contributed by atoms with Crippen molar-refractivity contribution in [2.24, 2.45) is 5.92 Å². The molecule has 0 radical (unpaired) electrons. The molecule has 3 atom stereocenters. The van der Waals surface area contributed by atoms with Crippen molar-refractivity contribution in [1.29, 1.82) is 0 Å². The predicted molar refractivity (Wildman–Crippen MR) is 102 cm³/mol. The van der Waals surface area contributed by atoms with Crippen LogP contribution in [0.5, 0.6) is 0 Å². The summed E-state index contributed by atoms with van der Waals surface area (Å²) in [5.74, 6) is 0.836. The van der Waals surface area contributed by atoms with Crippen LogP contribution in [0.4, 0.5) is 0 Å². The lowest BCUT2D eigenvalue weighted by Crippen LogP contribution is -2.55. The fraction of sp³-hybridized carbons (Fsp3) is 0.667. The molecule has 0 aromatic heterocycles. The highest BCUT2D eigenvalue weighted by atomic mass is 16.2. The molecule has 0 unspecified atom stereocenters. The van der Waals surface area contributed by atoms with Gasteiger partial charge in [0.25, 0.3) is 0 Å². The summed E-state index contributed by atoms with van der Waals surface area (Å²) in [6.45, 7) is 9.36. The second-order valence-electron chi connectivity index (χ2n) is 7.85. The first-order valence-electron chi connectivity index (χ1n) is 9.94. The Kier molecular flexibility index (Phi) is 6.49. The van der Waals surface area contributed by atoms with E-state index in [4.69, 9.17) is 0 Å². The first kappa shape index (κ1) is 18.4. The molecule has 4 nitrogen and oxygen atoms in total. The second kappa shape index (κ2) is 8.81. The van der Waals surface area contributed by atoms with Crippen molar-refractivity contribution in [2.75, 3.05) is 26.2 Å². The van der Waals surface area contributed by atoms with Gasteiger partial charge in [-0.15, -0.1) is 0 Å². The Labute approximate surface area is 152 Å². The lowest BCUT2D eigenvalue weighted by atomic mass is 9.86. The molecule has 1 aromatic rings. The fourth-order valence-electron chi connectivity index (χ4n) is 4.15. The highest BCUT2D eigenvalue weighted by Crippen LogP contribution is 2.24. The second-order valence-corrected chi connectivity index (χ2v) is 7.85. The normalized spacial score (nSPS) is 27.0. The maximum Gasteiger partial charge on any atom is 0.237 e. The zero-order chi connectivity index (χ0) is 17.6. The van der Waals surface area contributed by atoms with E-state index in [-0.39, 0.29) is 11.9 Å². The van der Waals surface area contributed by atoms with Crippen molar-refractivity contribution in [3.05, 3.63) is 35.9 Å². The number of hydrogen-bond acceptors (Lipinski definition) is 3. The minimum Gasteiger partial charge on any atom is -0.352 e. The molecule has 3 rings (SSSR count). The highest BCUT2D eigenvalue weighted by molar-refractivity contribution is 5.81. The number of carbonyl (C=O) groups excluding carboxylic acids is 1. The maximum absolute atomic E-state index is 12.7. The summed E-state index contributed by atoms with van der Waals surface area (Å²) in [6.07, 6.45) is 4.95. The lowest BCUT2D eigenvalue weighted by Gasteiger charge is -2.38. The molecule has 0 spiro atoms. The van der Waals surface area contributed by atoms with E-state index in [1.165, 1.54) is 24.8 Å². The van der Waals surface area contributed by atoms with Gasteiger partial charge in [-0.3, -0.25) is 14.6 Å². The molecule has 1 amide bonds. The van der Waals surface area contributed by atoms with Crippen LogP contribution in [0.2, 0.25) is 0 Å². The molecule has 0 bridgehead atoms. The minimum absolute atomic E-state index is 0.0204. The average Bonchev–Trinajstić information content (AvgIpc) is 2.64. The molecule has 1 heterocycles. The zero-order valence-electron chi connectivity index (χ0n) is 15.8. The van der Waals surface area contributed by atoms with Gasteiger partial charge in [0.2, 0.25) is 5.91 Å². The van der Waals surface area contributed by atoms with Crippen molar-refractivity contribution in [2.45, 2.75) is 58.2 Å². The lowest BCUT2D eigenvalue weighted by molar-refractivity contribution is -0.127. The van der Waals surface area contributed by atoms with Crippen molar-refractivity contribution >= 4 is 5.91 Å². The molecule has 2 aliphatic rings. The van der Waals surface area contributed by atoms with Crippen molar-refractivity contribution in [3.8, 4) is 0 Å². The van der Waals surface area contributed by atoms with Crippen LogP contribution in [0.25, 0.3) is 0 Å². The minimum atomic E-state index is -0.0204. The predicted octanol–water partition coefficient (Wildman–Crippen LogP) is 2.89. The molecule has 4 heteroatoms. The number of rotatable bonds is 5. The van der Waals surface area contributed by atoms with Gasteiger partial charge in [0.05, 0.1) is 6.04 Å². The molecule has 2 fully saturated rings. The first-order valence-corrected chi connectivity index (χ1v) is 9.94. The van der Waals surface area contributed by atoms with Crippen LogP contribution in [0.15, 0.2) is 30.3 Å². The Balaban J connectivity index is 1.44. The van der Waals surface area contributed by atoms with Gasteiger partial charge >= 0.3 is 0 Å². The van der Waals surface area contributed by atoms with Crippen LogP contribution in [0.3, 0.4) is 0 Å². The summed E-state index contributed by atoms with van der Waals surface area (Å²) in [7, 11) is 0. The summed E-state index contributed by atoms with van der Waals surface area (Å²) in [4.78, 5) is 17.5. The van der Waals surface area contributed by atoms with Crippen LogP contribution in [-0.4, -0.2) is 54.0 Å². The topological polar surface area (TPSA) is 35.6 Å². The summed E-state index contributed by atoms with van der Waals surface area (Å²) >= 11 is 0. The van der Waals surface area contributed by atoms with E-state index in [0.29, 0.717) is 12.0 Å². The van der Waals surface area contributed by atoms with Crippen LogP contribution in [-0.2, 0) is 11.3 Å². The first-order chi connectivity index (χ1) is 12.1. The largest absolute Gasteiger partial charge is 0.352 e. The van der Waals surface area contributed by atoms with Crippen LogP contribution >= 0.6 is 0 Å². The van der Waals surface area contributed by atoms with Crippen molar-refractivity contribution in [1.82, 2.24) is 15.1 Å². The maximum atomic E-state index is 12.7. The zero-order valence-corrected chi connectivity index (χ0v) is 15.8. The third-order valence-electron chi connectivity index (χ3n) is 6.02. The van der Waals surface area contributed by atoms with Gasteiger partial charge in [0.15, 0.2) is 0 Å². The third kappa shape index (κ3) is 5.05. The Morgan fingerprint density at radius 2 is 1.80 bits per heavy atom. The molecule has 1 aromatic carbocycles. The number of nitrogens with zero attached hydrogens (tertiary/aromatic N) is 2. The van der Waals surface area contributed by atoms with Gasteiger partial charge in [-0.05, 0) is 31.2 Å². The van der Waals surface area contributed by atoms with Crippen molar-refractivity contribution < 1.29 is 4.79 Å². The molecule has 1 saturated carbocycles. The van der Waals surface area contributed by atoms with Gasteiger partial charge < -0.3 is 5.32 Å². The van der Waals surface area contributed by atoms with E-state index in [1.54, 1.807) is 0 Å².